The molecule has 0 aromatic rings. The summed E-state index contributed by atoms with van der Waals surface area (Å²) < 4.78 is 10.2. The van der Waals surface area contributed by atoms with Crippen LogP contribution in [-0.2, 0) is 9.47 Å². The zero-order chi connectivity index (χ0) is 5.66. The average Bonchev–Trinajstić information content (AvgIpc) is 1.62. The average molecular weight is 115 g/mol. The molecule has 0 aromatic heterocycles. The van der Waals surface area contributed by atoms with Crippen molar-refractivity contribution >= 4 is 0 Å². The van der Waals surface area contributed by atoms with E-state index in [1.165, 1.54) is 0 Å². The van der Waals surface area contributed by atoms with Crippen molar-refractivity contribution in [3.8, 4) is 0 Å². The highest BCUT2D eigenvalue weighted by Crippen LogP contribution is 1.97. The molecule has 0 amide bonds. The van der Waals surface area contributed by atoms with Gasteiger partial charge >= 0.3 is 0 Å². The third-order valence-electron chi connectivity index (χ3n) is 1.05. The van der Waals surface area contributed by atoms with E-state index < -0.39 is 0 Å². The first-order valence-corrected chi connectivity index (χ1v) is 3.01. The summed E-state index contributed by atoms with van der Waals surface area (Å²) >= 11 is 0. The highest BCUT2D eigenvalue weighted by Gasteiger charge is 1.95. The van der Waals surface area contributed by atoms with E-state index in [9.17, 15) is 0 Å². The molecule has 1 fully saturated rings. The summed E-state index contributed by atoms with van der Waals surface area (Å²) in [6.07, 6.45) is 1.95. The van der Waals surface area contributed by atoms with Gasteiger partial charge < -0.3 is 9.47 Å². The van der Waals surface area contributed by atoms with Crippen LogP contribution in [0.2, 0.25) is 0 Å². The monoisotopic (exact) mass is 115 g/mol. The van der Waals surface area contributed by atoms with Gasteiger partial charge in [0.25, 0.3) is 0 Å². The van der Waals surface area contributed by atoms with Gasteiger partial charge in [-0.3, -0.25) is 0 Å². The van der Waals surface area contributed by atoms with Gasteiger partial charge in [-0.1, -0.05) is 0 Å². The fraction of sp³-hybridized carbons (Fsp3) is 0.833. The lowest BCUT2D eigenvalue weighted by atomic mass is 10.4. The number of hydrogen-bond acceptors (Lipinski definition) is 2. The fourth-order valence-electron chi connectivity index (χ4n) is 0.644. The van der Waals surface area contributed by atoms with Crippen molar-refractivity contribution in [1.29, 1.82) is 0 Å². The van der Waals surface area contributed by atoms with E-state index in [2.05, 4.69) is 0 Å². The van der Waals surface area contributed by atoms with Gasteiger partial charge in [-0.05, 0) is 12.8 Å². The second kappa shape index (κ2) is 3.87. The van der Waals surface area contributed by atoms with Gasteiger partial charge in [0.05, 0.1) is 6.61 Å². The first kappa shape index (κ1) is 6.05. The van der Waals surface area contributed by atoms with Gasteiger partial charge in [0.1, 0.15) is 0 Å². The summed E-state index contributed by atoms with van der Waals surface area (Å²) in [5.74, 6) is 0. The van der Waals surface area contributed by atoms with E-state index >= 15 is 0 Å². The summed E-state index contributed by atoms with van der Waals surface area (Å²) in [5, 5.41) is 0. The lowest BCUT2D eigenvalue weighted by Crippen LogP contribution is -2.06. The molecule has 8 heavy (non-hydrogen) atoms. The lowest BCUT2D eigenvalue weighted by molar-refractivity contribution is 0.0667. The maximum Gasteiger partial charge on any atom is 0.0859 e. The molecule has 2 nitrogen and oxygen atoms in total. The third kappa shape index (κ3) is 2.28. The van der Waals surface area contributed by atoms with E-state index in [0.717, 1.165) is 32.7 Å². The van der Waals surface area contributed by atoms with Crippen LogP contribution in [0, 0.1) is 6.61 Å². The van der Waals surface area contributed by atoms with Crippen LogP contribution in [-0.4, -0.2) is 19.8 Å². The van der Waals surface area contributed by atoms with E-state index in [4.69, 9.17) is 9.47 Å². The molecule has 1 heterocycles. The largest absolute Gasteiger partial charge is 0.381 e. The Bertz CT molecular complexity index is 30.5. The SMILES string of the molecule is [CH]1CCOCCCO1. The van der Waals surface area contributed by atoms with E-state index in [-0.39, 0.29) is 0 Å². The predicted octanol–water partition coefficient (Wildman–Crippen LogP) is 0.975. The van der Waals surface area contributed by atoms with Gasteiger partial charge in [0, 0.05) is 19.8 Å². The predicted molar refractivity (Wildman–Crippen MR) is 30.3 cm³/mol. The van der Waals surface area contributed by atoms with Gasteiger partial charge in [0.15, 0.2) is 0 Å². The van der Waals surface area contributed by atoms with Crippen LogP contribution in [0.3, 0.4) is 0 Å². The molecule has 0 unspecified atom stereocenters. The minimum Gasteiger partial charge on any atom is -0.381 e. The Balaban J connectivity index is 2.00. The lowest BCUT2D eigenvalue weighted by Gasteiger charge is -2.08. The molecule has 0 bridgehead atoms. The first-order chi connectivity index (χ1) is 4.00. The molecule has 1 aliphatic heterocycles. The minimum atomic E-state index is 0.819. The maximum absolute atomic E-state index is 5.16. The van der Waals surface area contributed by atoms with Crippen molar-refractivity contribution < 1.29 is 9.47 Å². The smallest absolute Gasteiger partial charge is 0.0859 e. The Kier molecular flexibility index (Phi) is 2.92. The molecule has 1 saturated heterocycles. The van der Waals surface area contributed by atoms with Gasteiger partial charge in [-0.2, -0.15) is 0 Å². The van der Waals surface area contributed by atoms with Gasteiger partial charge in [0.2, 0.25) is 0 Å². The second-order valence-corrected chi connectivity index (χ2v) is 1.79. The van der Waals surface area contributed by atoms with Crippen LogP contribution in [0.15, 0.2) is 0 Å². The van der Waals surface area contributed by atoms with Crippen molar-refractivity contribution in [3.63, 3.8) is 0 Å². The quantitative estimate of drug-likeness (QED) is 0.468. The minimum absolute atomic E-state index is 0.819. The first-order valence-electron chi connectivity index (χ1n) is 3.01. The molecule has 1 rings (SSSR count). The second-order valence-electron chi connectivity index (χ2n) is 1.79. The summed E-state index contributed by atoms with van der Waals surface area (Å²) in [7, 11) is 0. The van der Waals surface area contributed by atoms with E-state index in [0.29, 0.717) is 0 Å². The molecule has 0 saturated carbocycles. The van der Waals surface area contributed by atoms with Gasteiger partial charge in [-0.25, -0.2) is 0 Å². The zero-order valence-electron chi connectivity index (χ0n) is 4.93. The van der Waals surface area contributed by atoms with Crippen LogP contribution < -0.4 is 0 Å². The molecule has 1 aliphatic rings. The van der Waals surface area contributed by atoms with Crippen molar-refractivity contribution in [2.45, 2.75) is 12.8 Å². The van der Waals surface area contributed by atoms with Crippen LogP contribution in [0.5, 0.6) is 0 Å². The maximum atomic E-state index is 5.16. The Hall–Kier alpha value is -0.0800. The van der Waals surface area contributed by atoms with E-state index in [1.807, 2.05) is 6.61 Å². The molecule has 0 aliphatic carbocycles. The van der Waals surface area contributed by atoms with Crippen molar-refractivity contribution in [2.24, 2.45) is 0 Å². The summed E-state index contributed by atoms with van der Waals surface area (Å²) in [4.78, 5) is 0. The Morgan fingerprint density at radius 2 is 2.12 bits per heavy atom. The molecular formula is C6H11O2. The van der Waals surface area contributed by atoms with Crippen LogP contribution in [0.1, 0.15) is 12.8 Å². The zero-order valence-corrected chi connectivity index (χ0v) is 4.93. The molecule has 0 aromatic carbocycles. The highest BCUT2D eigenvalue weighted by atomic mass is 16.5. The molecular weight excluding hydrogens is 104 g/mol. The third-order valence-corrected chi connectivity index (χ3v) is 1.05. The molecule has 0 N–H and O–H groups in total. The molecule has 47 valence electrons. The Morgan fingerprint density at radius 3 is 3.12 bits per heavy atom. The van der Waals surface area contributed by atoms with Crippen molar-refractivity contribution in [1.82, 2.24) is 0 Å². The molecule has 0 atom stereocenters. The highest BCUT2D eigenvalue weighted by molar-refractivity contribution is 4.52. The van der Waals surface area contributed by atoms with Crippen LogP contribution in [0.4, 0.5) is 0 Å². The normalized spacial score (nSPS) is 24.0. The Labute approximate surface area is 49.8 Å². The summed E-state index contributed by atoms with van der Waals surface area (Å²) in [5.41, 5.74) is 0. The Morgan fingerprint density at radius 1 is 1.12 bits per heavy atom. The molecule has 0 spiro atoms. The molecule has 2 heteroatoms. The van der Waals surface area contributed by atoms with Gasteiger partial charge in [-0.15, -0.1) is 0 Å². The van der Waals surface area contributed by atoms with E-state index in [1.54, 1.807) is 0 Å². The number of rotatable bonds is 0. The standard InChI is InChI=1S/C6H11O2/c1-3-7-5-2-6-8-4-1/h3H,1-2,4-6H2. The van der Waals surface area contributed by atoms with Crippen LogP contribution >= 0.6 is 0 Å². The number of hydrogen-bond donors (Lipinski definition) is 0. The van der Waals surface area contributed by atoms with Crippen molar-refractivity contribution in [3.05, 3.63) is 6.61 Å². The summed E-state index contributed by atoms with van der Waals surface area (Å²) in [6.45, 7) is 4.31. The number of ether oxygens (including phenoxy) is 2. The van der Waals surface area contributed by atoms with Crippen LogP contribution in [0.25, 0.3) is 0 Å². The van der Waals surface area contributed by atoms with Crippen molar-refractivity contribution in [2.75, 3.05) is 19.8 Å². The fourth-order valence-corrected chi connectivity index (χ4v) is 0.644. The topological polar surface area (TPSA) is 18.5 Å². The summed E-state index contributed by atoms with van der Waals surface area (Å²) in [6, 6.07) is 0. The molecule has 1 radical (unpaired) electrons.